The lowest BCUT2D eigenvalue weighted by atomic mass is 10.1. The third kappa shape index (κ3) is 3.09. The van der Waals surface area contributed by atoms with Gasteiger partial charge in [-0.15, -0.1) is 0 Å². The number of rotatable bonds is 4. The van der Waals surface area contributed by atoms with Crippen LogP contribution in [0.4, 0.5) is 0 Å². The van der Waals surface area contributed by atoms with Gasteiger partial charge in [-0.2, -0.15) is 4.31 Å². The van der Waals surface area contributed by atoms with Gasteiger partial charge in [0, 0.05) is 25.2 Å². The van der Waals surface area contributed by atoms with E-state index in [0.29, 0.717) is 13.1 Å². The van der Waals surface area contributed by atoms with Crippen LogP contribution >= 0.6 is 15.9 Å². The van der Waals surface area contributed by atoms with E-state index in [1.807, 2.05) is 19.0 Å². The van der Waals surface area contributed by atoms with Crippen LogP contribution in [-0.2, 0) is 16.6 Å². The first-order chi connectivity index (χ1) is 9.36. The highest BCUT2D eigenvalue weighted by Gasteiger charge is 2.33. The third-order valence-corrected chi connectivity index (χ3v) is 6.29. The molecule has 1 fully saturated rings. The van der Waals surface area contributed by atoms with Crippen molar-refractivity contribution in [1.82, 2.24) is 9.21 Å². The molecule has 1 aromatic heterocycles. The summed E-state index contributed by atoms with van der Waals surface area (Å²) in [6, 6.07) is 1.60. The van der Waals surface area contributed by atoms with Gasteiger partial charge < -0.3 is 14.4 Å². The zero-order valence-electron chi connectivity index (χ0n) is 11.5. The van der Waals surface area contributed by atoms with Gasteiger partial charge >= 0.3 is 0 Å². The Bertz CT molecular complexity index is 570. The summed E-state index contributed by atoms with van der Waals surface area (Å²) in [7, 11) is 0.320. The molecule has 114 valence electrons. The summed E-state index contributed by atoms with van der Waals surface area (Å²) in [5.74, 6) is 0.233. The summed E-state index contributed by atoms with van der Waals surface area (Å²) in [5.41, 5.74) is 0. The molecule has 1 aliphatic heterocycles. The van der Waals surface area contributed by atoms with E-state index < -0.39 is 10.0 Å². The number of furan rings is 1. The third-order valence-electron chi connectivity index (χ3n) is 3.57. The SMILES string of the molecule is CN(C)C1CCCN(S(=O)(=O)c2cc(CO)oc2Br)C1. The van der Waals surface area contributed by atoms with Crippen molar-refractivity contribution >= 4 is 26.0 Å². The average molecular weight is 367 g/mol. The highest BCUT2D eigenvalue weighted by Crippen LogP contribution is 2.30. The molecule has 1 saturated heterocycles. The van der Waals surface area contributed by atoms with Gasteiger partial charge in [0.2, 0.25) is 10.0 Å². The molecular formula is C12H19BrN2O4S. The molecule has 0 amide bonds. The van der Waals surface area contributed by atoms with Crippen LogP contribution in [0.25, 0.3) is 0 Å². The number of likely N-dealkylation sites (N-methyl/N-ethyl adjacent to an activating group) is 1. The molecule has 0 bridgehead atoms. The maximum Gasteiger partial charge on any atom is 0.247 e. The summed E-state index contributed by atoms with van der Waals surface area (Å²) in [4.78, 5) is 2.13. The van der Waals surface area contributed by atoms with E-state index in [1.165, 1.54) is 10.4 Å². The van der Waals surface area contributed by atoms with Gasteiger partial charge in [-0.3, -0.25) is 0 Å². The number of hydrogen-bond acceptors (Lipinski definition) is 5. The Hall–Kier alpha value is -0.410. The zero-order valence-corrected chi connectivity index (χ0v) is 13.9. The topological polar surface area (TPSA) is 74.0 Å². The van der Waals surface area contributed by atoms with E-state index in [9.17, 15) is 8.42 Å². The maximum atomic E-state index is 12.6. The average Bonchev–Trinajstić information content (AvgIpc) is 2.81. The van der Waals surface area contributed by atoms with Crippen molar-refractivity contribution in [3.8, 4) is 0 Å². The lowest BCUT2D eigenvalue weighted by Crippen LogP contribution is -2.47. The molecule has 0 radical (unpaired) electrons. The quantitative estimate of drug-likeness (QED) is 0.867. The molecule has 1 aliphatic rings. The standard InChI is InChI=1S/C12H19BrN2O4S/c1-14(2)9-4-3-5-15(7-9)20(17,18)11-6-10(8-16)19-12(11)13/h6,9,16H,3-5,7-8H2,1-2H3. The molecule has 0 saturated carbocycles. The largest absolute Gasteiger partial charge is 0.450 e. The van der Waals surface area contributed by atoms with E-state index in [4.69, 9.17) is 9.52 Å². The Morgan fingerprint density at radius 3 is 2.80 bits per heavy atom. The van der Waals surface area contributed by atoms with Crippen molar-refractivity contribution in [2.24, 2.45) is 0 Å². The fraction of sp³-hybridized carbons (Fsp3) is 0.667. The number of hydrogen-bond donors (Lipinski definition) is 1. The molecule has 20 heavy (non-hydrogen) atoms. The second-order valence-corrected chi connectivity index (χ2v) is 7.76. The fourth-order valence-electron chi connectivity index (χ4n) is 2.35. The van der Waals surface area contributed by atoms with Crippen molar-refractivity contribution in [2.75, 3.05) is 27.2 Å². The predicted molar refractivity (Wildman–Crippen MR) is 77.8 cm³/mol. The summed E-state index contributed by atoms with van der Waals surface area (Å²) < 4.78 is 32.1. The number of aliphatic hydroxyl groups is 1. The Balaban J connectivity index is 2.27. The van der Waals surface area contributed by atoms with Gasteiger partial charge in [-0.1, -0.05) is 0 Å². The molecule has 6 nitrogen and oxygen atoms in total. The van der Waals surface area contributed by atoms with Crippen molar-refractivity contribution in [2.45, 2.75) is 30.4 Å². The Morgan fingerprint density at radius 1 is 1.55 bits per heavy atom. The summed E-state index contributed by atoms with van der Waals surface area (Å²) >= 11 is 3.11. The van der Waals surface area contributed by atoms with Crippen LogP contribution in [0.15, 0.2) is 20.0 Å². The Labute approximate surface area is 127 Å². The minimum atomic E-state index is -3.59. The van der Waals surface area contributed by atoms with Crippen molar-refractivity contribution in [3.05, 3.63) is 16.5 Å². The van der Waals surface area contributed by atoms with E-state index in [-0.39, 0.29) is 28.0 Å². The normalized spacial score (nSPS) is 21.6. The van der Waals surface area contributed by atoms with Crippen molar-refractivity contribution < 1.29 is 17.9 Å². The molecule has 2 heterocycles. The second-order valence-electron chi connectivity index (χ2n) is 5.13. The van der Waals surface area contributed by atoms with E-state index in [2.05, 4.69) is 15.9 Å². The van der Waals surface area contributed by atoms with E-state index in [1.54, 1.807) is 0 Å². The maximum absolute atomic E-state index is 12.6. The molecule has 1 atom stereocenters. The van der Waals surface area contributed by atoms with E-state index in [0.717, 1.165) is 12.8 Å². The summed E-state index contributed by atoms with van der Waals surface area (Å²) in [6.45, 7) is 0.661. The summed E-state index contributed by atoms with van der Waals surface area (Å²) in [6.07, 6.45) is 1.83. The van der Waals surface area contributed by atoms with Crippen LogP contribution in [0.1, 0.15) is 18.6 Å². The molecule has 1 unspecified atom stereocenters. The molecule has 0 spiro atoms. The molecule has 1 N–H and O–H groups in total. The monoisotopic (exact) mass is 366 g/mol. The molecule has 0 aromatic carbocycles. The van der Waals surface area contributed by atoms with Gasteiger partial charge in [0.05, 0.1) is 0 Å². The Morgan fingerprint density at radius 2 is 2.25 bits per heavy atom. The molecule has 2 rings (SSSR count). The number of sulfonamides is 1. The van der Waals surface area contributed by atoms with Crippen LogP contribution < -0.4 is 0 Å². The number of nitrogens with zero attached hydrogens (tertiary/aromatic N) is 2. The minimum absolute atomic E-state index is 0.0842. The van der Waals surface area contributed by atoms with Crippen LogP contribution in [0, 0.1) is 0 Å². The molecular weight excluding hydrogens is 348 g/mol. The zero-order chi connectivity index (χ0) is 14.9. The number of halogens is 1. The predicted octanol–water partition coefficient (Wildman–Crippen LogP) is 1.25. The van der Waals surface area contributed by atoms with Crippen LogP contribution in [-0.4, -0.2) is 56.0 Å². The molecule has 8 heteroatoms. The van der Waals surface area contributed by atoms with Gasteiger partial charge in [0.1, 0.15) is 17.3 Å². The fourth-order valence-corrected chi connectivity index (χ4v) is 4.83. The smallest absolute Gasteiger partial charge is 0.247 e. The van der Waals surface area contributed by atoms with E-state index >= 15 is 0 Å². The van der Waals surface area contributed by atoms with Gasteiger partial charge in [-0.25, -0.2) is 8.42 Å². The Kier molecular flexibility index (Phi) is 4.91. The highest BCUT2D eigenvalue weighted by molar-refractivity contribution is 9.10. The van der Waals surface area contributed by atoms with Gasteiger partial charge in [-0.05, 0) is 42.9 Å². The first kappa shape index (κ1) is 16.0. The minimum Gasteiger partial charge on any atom is -0.450 e. The van der Waals surface area contributed by atoms with Crippen LogP contribution in [0.2, 0.25) is 0 Å². The van der Waals surface area contributed by atoms with Crippen molar-refractivity contribution in [3.63, 3.8) is 0 Å². The number of piperidine rings is 1. The summed E-state index contributed by atoms with van der Waals surface area (Å²) in [5, 5.41) is 9.04. The number of aliphatic hydroxyl groups excluding tert-OH is 1. The lowest BCUT2D eigenvalue weighted by Gasteiger charge is -2.35. The first-order valence-corrected chi connectivity index (χ1v) is 8.65. The highest BCUT2D eigenvalue weighted by atomic mass is 79.9. The van der Waals surface area contributed by atoms with Gasteiger partial charge in [0.25, 0.3) is 0 Å². The first-order valence-electron chi connectivity index (χ1n) is 6.42. The molecule has 0 aliphatic carbocycles. The second kappa shape index (κ2) is 6.15. The molecule has 1 aromatic rings. The van der Waals surface area contributed by atoms with Crippen molar-refractivity contribution in [1.29, 1.82) is 0 Å². The van der Waals surface area contributed by atoms with Crippen LogP contribution in [0.5, 0.6) is 0 Å². The van der Waals surface area contributed by atoms with Gasteiger partial charge in [0.15, 0.2) is 4.67 Å². The van der Waals surface area contributed by atoms with Crippen LogP contribution in [0.3, 0.4) is 0 Å². The lowest BCUT2D eigenvalue weighted by molar-refractivity contribution is 0.190.